The zero-order valence-corrected chi connectivity index (χ0v) is 13.8. The van der Waals surface area contributed by atoms with Crippen LogP contribution in [0.15, 0.2) is 36.5 Å². The third kappa shape index (κ3) is 5.05. The van der Waals surface area contributed by atoms with Crippen molar-refractivity contribution in [3.8, 4) is 5.75 Å². The van der Waals surface area contributed by atoms with Gasteiger partial charge in [0.1, 0.15) is 5.75 Å². The number of carbonyl (C=O) groups is 1. The van der Waals surface area contributed by atoms with Crippen LogP contribution in [-0.4, -0.2) is 17.5 Å². The van der Waals surface area contributed by atoms with Crippen LogP contribution < -0.4 is 10.1 Å². The van der Waals surface area contributed by atoms with Crippen molar-refractivity contribution in [3.05, 3.63) is 51.6 Å². The Bertz CT molecular complexity index is 665. The molecule has 0 fully saturated rings. The summed E-state index contributed by atoms with van der Waals surface area (Å²) in [4.78, 5) is 15.8. The fourth-order valence-electron chi connectivity index (χ4n) is 1.68. The minimum Gasteiger partial charge on any atom is -0.492 e. The van der Waals surface area contributed by atoms with E-state index in [0.717, 1.165) is 0 Å². The summed E-state index contributed by atoms with van der Waals surface area (Å²) in [6.07, 6.45) is 2.39. The van der Waals surface area contributed by atoms with Crippen molar-refractivity contribution in [1.82, 2.24) is 4.98 Å². The fourth-order valence-corrected chi connectivity index (χ4v) is 2.31. The smallest absolute Gasteiger partial charge is 0.225 e. The first-order valence-corrected chi connectivity index (χ1v) is 7.68. The molecule has 22 heavy (non-hydrogen) atoms. The average molecular weight is 360 g/mol. The van der Waals surface area contributed by atoms with Gasteiger partial charge in [0.05, 0.1) is 16.7 Å². The Hall–Kier alpha value is -1.49. The van der Waals surface area contributed by atoms with Crippen LogP contribution in [0, 0.1) is 0 Å². The molecule has 4 nitrogen and oxygen atoms in total. The number of rotatable bonds is 6. The van der Waals surface area contributed by atoms with Crippen LogP contribution >= 0.6 is 34.8 Å². The summed E-state index contributed by atoms with van der Waals surface area (Å²) in [5, 5.41) is 4.04. The number of amides is 1. The number of nitrogens with zero attached hydrogens (tertiary/aromatic N) is 1. The van der Waals surface area contributed by atoms with Crippen LogP contribution in [0.1, 0.15) is 12.8 Å². The van der Waals surface area contributed by atoms with E-state index in [1.165, 1.54) is 0 Å². The molecule has 0 atom stereocenters. The summed E-state index contributed by atoms with van der Waals surface area (Å²) >= 11 is 17.7. The van der Waals surface area contributed by atoms with Crippen molar-refractivity contribution in [1.29, 1.82) is 0 Å². The Morgan fingerprint density at radius 3 is 2.73 bits per heavy atom. The van der Waals surface area contributed by atoms with Gasteiger partial charge in [0, 0.05) is 17.6 Å². The Morgan fingerprint density at radius 1 is 1.18 bits per heavy atom. The highest BCUT2D eigenvalue weighted by Gasteiger charge is 2.07. The molecule has 0 spiro atoms. The SMILES string of the molecule is O=C(CCCOc1ccc(Cl)cc1Cl)Nc1ncccc1Cl. The van der Waals surface area contributed by atoms with Crippen molar-refractivity contribution in [2.75, 3.05) is 11.9 Å². The van der Waals surface area contributed by atoms with Gasteiger partial charge in [-0.25, -0.2) is 4.98 Å². The lowest BCUT2D eigenvalue weighted by Gasteiger charge is -2.08. The van der Waals surface area contributed by atoms with E-state index in [1.54, 1.807) is 36.5 Å². The summed E-state index contributed by atoms with van der Waals surface area (Å²) in [7, 11) is 0. The molecular weight excluding hydrogens is 347 g/mol. The van der Waals surface area contributed by atoms with E-state index >= 15 is 0 Å². The first-order chi connectivity index (χ1) is 10.6. The van der Waals surface area contributed by atoms with E-state index < -0.39 is 0 Å². The second-order valence-electron chi connectivity index (χ2n) is 4.41. The van der Waals surface area contributed by atoms with Crippen molar-refractivity contribution in [2.45, 2.75) is 12.8 Å². The molecule has 2 aromatic rings. The van der Waals surface area contributed by atoms with Gasteiger partial charge in [0.2, 0.25) is 5.91 Å². The van der Waals surface area contributed by atoms with Gasteiger partial charge in [-0.2, -0.15) is 0 Å². The molecule has 0 aliphatic carbocycles. The number of anilines is 1. The maximum Gasteiger partial charge on any atom is 0.225 e. The van der Waals surface area contributed by atoms with Crippen molar-refractivity contribution >= 4 is 46.5 Å². The summed E-state index contributed by atoms with van der Waals surface area (Å²) in [6, 6.07) is 8.35. The number of hydrogen-bond acceptors (Lipinski definition) is 3. The van der Waals surface area contributed by atoms with Gasteiger partial charge in [0.15, 0.2) is 5.82 Å². The molecule has 1 heterocycles. The van der Waals surface area contributed by atoms with E-state index in [9.17, 15) is 4.79 Å². The van der Waals surface area contributed by atoms with Crippen LogP contribution in [0.2, 0.25) is 15.1 Å². The second-order valence-corrected chi connectivity index (χ2v) is 5.66. The third-order valence-electron chi connectivity index (χ3n) is 2.72. The van der Waals surface area contributed by atoms with Crippen LogP contribution in [0.4, 0.5) is 5.82 Å². The summed E-state index contributed by atoms with van der Waals surface area (Å²) < 4.78 is 5.50. The molecular formula is C15H13Cl3N2O2. The molecule has 116 valence electrons. The monoisotopic (exact) mass is 358 g/mol. The minimum atomic E-state index is -0.175. The molecule has 0 saturated heterocycles. The summed E-state index contributed by atoms with van der Waals surface area (Å²) in [6.45, 7) is 0.366. The fraction of sp³-hybridized carbons (Fsp3) is 0.200. The molecule has 7 heteroatoms. The zero-order valence-electron chi connectivity index (χ0n) is 11.5. The number of pyridine rings is 1. The Kier molecular flexibility index (Phi) is 6.31. The summed E-state index contributed by atoms with van der Waals surface area (Å²) in [5.41, 5.74) is 0. The Labute approximate surface area is 143 Å². The molecule has 0 aliphatic heterocycles. The second kappa shape index (κ2) is 8.22. The van der Waals surface area contributed by atoms with Crippen LogP contribution in [0.5, 0.6) is 5.75 Å². The first-order valence-electron chi connectivity index (χ1n) is 6.54. The lowest BCUT2D eigenvalue weighted by Crippen LogP contribution is -2.14. The van der Waals surface area contributed by atoms with E-state index in [4.69, 9.17) is 39.5 Å². The van der Waals surface area contributed by atoms with Crippen LogP contribution in [0.25, 0.3) is 0 Å². The molecule has 1 N–H and O–H groups in total. The topological polar surface area (TPSA) is 51.2 Å². The number of benzene rings is 1. The molecule has 2 rings (SSSR count). The number of carbonyl (C=O) groups excluding carboxylic acids is 1. The number of nitrogens with one attached hydrogen (secondary N) is 1. The molecule has 0 bridgehead atoms. The van der Waals surface area contributed by atoms with Crippen LogP contribution in [0.3, 0.4) is 0 Å². The Morgan fingerprint density at radius 2 is 2.00 bits per heavy atom. The average Bonchev–Trinajstić information content (AvgIpc) is 2.48. The minimum absolute atomic E-state index is 0.175. The first kappa shape index (κ1) is 16.9. The van der Waals surface area contributed by atoms with E-state index in [-0.39, 0.29) is 12.3 Å². The maximum absolute atomic E-state index is 11.8. The van der Waals surface area contributed by atoms with Crippen molar-refractivity contribution < 1.29 is 9.53 Å². The highest BCUT2D eigenvalue weighted by molar-refractivity contribution is 6.35. The number of halogens is 3. The van der Waals surface area contributed by atoms with Gasteiger partial charge in [0.25, 0.3) is 0 Å². The largest absolute Gasteiger partial charge is 0.492 e. The van der Waals surface area contributed by atoms with E-state index in [0.29, 0.717) is 39.7 Å². The van der Waals surface area contributed by atoms with Gasteiger partial charge in [-0.15, -0.1) is 0 Å². The number of aromatic nitrogens is 1. The lowest BCUT2D eigenvalue weighted by atomic mass is 10.3. The van der Waals surface area contributed by atoms with Gasteiger partial charge < -0.3 is 10.1 Å². The molecule has 0 unspecified atom stereocenters. The molecule has 1 aromatic carbocycles. The molecule has 0 saturated carbocycles. The molecule has 0 aliphatic rings. The highest BCUT2D eigenvalue weighted by Crippen LogP contribution is 2.27. The van der Waals surface area contributed by atoms with Gasteiger partial charge >= 0.3 is 0 Å². The highest BCUT2D eigenvalue weighted by atomic mass is 35.5. The van der Waals surface area contributed by atoms with Crippen molar-refractivity contribution in [2.24, 2.45) is 0 Å². The molecule has 0 radical (unpaired) electrons. The van der Waals surface area contributed by atoms with Gasteiger partial charge in [-0.05, 0) is 36.8 Å². The van der Waals surface area contributed by atoms with E-state index in [2.05, 4.69) is 10.3 Å². The van der Waals surface area contributed by atoms with Gasteiger partial charge in [-0.1, -0.05) is 34.8 Å². The normalized spacial score (nSPS) is 10.3. The lowest BCUT2D eigenvalue weighted by molar-refractivity contribution is -0.116. The predicted molar refractivity (Wildman–Crippen MR) is 89.1 cm³/mol. The molecule has 1 aromatic heterocycles. The predicted octanol–water partition coefficient (Wildman–Crippen LogP) is 4.84. The maximum atomic E-state index is 11.8. The Balaban J connectivity index is 1.74. The standard InChI is InChI=1S/C15H13Cl3N2O2/c16-10-5-6-13(12(18)9-10)22-8-2-4-14(21)20-15-11(17)3-1-7-19-15/h1,3,5-7,9H,2,4,8H2,(H,19,20,21). The van der Waals surface area contributed by atoms with E-state index in [1.807, 2.05) is 0 Å². The number of hydrogen-bond donors (Lipinski definition) is 1. The quantitative estimate of drug-likeness (QED) is 0.751. The van der Waals surface area contributed by atoms with Crippen LogP contribution in [-0.2, 0) is 4.79 Å². The summed E-state index contributed by atoms with van der Waals surface area (Å²) in [5.74, 6) is 0.724. The number of ether oxygens (including phenoxy) is 1. The molecule has 1 amide bonds. The van der Waals surface area contributed by atoms with Gasteiger partial charge in [-0.3, -0.25) is 4.79 Å². The third-order valence-corrected chi connectivity index (χ3v) is 3.55. The zero-order chi connectivity index (χ0) is 15.9. The van der Waals surface area contributed by atoms with Crippen molar-refractivity contribution in [3.63, 3.8) is 0 Å².